The molecule has 0 aliphatic rings. The Morgan fingerprint density at radius 1 is 1.00 bits per heavy atom. The number of carbonyl (C=O) groups is 1. The van der Waals surface area contributed by atoms with Crippen LogP contribution in [0, 0.1) is 11.6 Å². The van der Waals surface area contributed by atoms with Crippen molar-refractivity contribution in [2.24, 2.45) is 5.73 Å². The monoisotopic (exact) mass is 531 g/mol. The number of hydrogen-bond acceptors (Lipinski definition) is 3. The number of nitrogens with zero attached hydrogens (tertiary/aromatic N) is 2. The van der Waals surface area contributed by atoms with Gasteiger partial charge in [0.15, 0.2) is 5.16 Å². The molecule has 2 N–H and O–H groups in total. The maximum absolute atomic E-state index is 13.7. The molecule has 0 aliphatic heterocycles. The molecule has 0 spiro atoms. The Bertz CT molecular complexity index is 1400. The van der Waals surface area contributed by atoms with Gasteiger partial charge in [-0.3, -0.25) is 9.36 Å². The van der Waals surface area contributed by atoms with Crippen molar-refractivity contribution in [2.45, 2.75) is 30.2 Å². The minimum absolute atomic E-state index is 0.241. The van der Waals surface area contributed by atoms with E-state index in [4.69, 9.17) is 28.9 Å². The topological polar surface area (TPSA) is 60.9 Å². The lowest BCUT2D eigenvalue weighted by atomic mass is 9.81. The summed E-state index contributed by atoms with van der Waals surface area (Å²) in [6.45, 7) is 4.01. The van der Waals surface area contributed by atoms with Gasteiger partial charge in [-0.15, -0.1) is 0 Å². The van der Waals surface area contributed by atoms with Crippen LogP contribution in [-0.2, 0) is 11.2 Å². The highest BCUT2D eigenvalue weighted by atomic mass is 35.5. The van der Waals surface area contributed by atoms with Crippen molar-refractivity contribution in [3.8, 4) is 5.69 Å². The molecule has 1 amide bonds. The van der Waals surface area contributed by atoms with Crippen LogP contribution in [0.25, 0.3) is 5.69 Å². The predicted octanol–water partition coefficient (Wildman–Crippen LogP) is 7.17. The summed E-state index contributed by atoms with van der Waals surface area (Å²) in [6.07, 6.45) is 1.76. The minimum atomic E-state index is -0.604. The normalized spacial score (nSPS) is 11.6. The van der Waals surface area contributed by atoms with Crippen molar-refractivity contribution in [2.75, 3.05) is 0 Å². The molecule has 0 fully saturated rings. The number of aromatic nitrogens is 2. The van der Waals surface area contributed by atoms with E-state index in [1.54, 1.807) is 42.6 Å². The average molecular weight is 532 g/mol. The third-order valence-corrected chi connectivity index (χ3v) is 7.45. The minimum Gasteiger partial charge on any atom is -0.366 e. The fourth-order valence-corrected chi connectivity index (χ4v) is 5.33. The second kappa shape index (κ2) is 10.0. The van der Waals surface area contributed by atoms with E-state index in [-0.39, 0.29) is 16.4 Å². The number of primary amides is 1. The van der Waals surface area contributed by atoms with Gasteiger partial charge in [0, 0.05) is 21.9 Å². The standard InChI is InChI=1S/C26H21Cl2F2N3OS/c1-26(2,16-4-10-20(24(31)34)22(28)11-16)23-13-32-25(33(23)19-8-6-17(29)7-9-19)35-14-15-3-5-18(30)12-21(15)27/h3-13H,14H2,1-2H3,(H2,31,34). The summed E-state index contributed by atoms with van der Waals surface area (Å²) in [6, 6.07) is 15.5. The lowest BCUT2D eigenvalue weighted by Crippen LogP contribution is -2.23. The van der Waals surface area contributed by atoms with Crippen molar-refractivity contribution < 1.29 is 13.6 Å². The smallest absolute Gasteiger partial charge is 0.250 e. The summed E-state index contributed by atoms with van der Waals surface area (Å²) in [7, 11) is 0. The highest BCUT2D eigenvalue weighted by molar-refractivity contribution is 7.98. The Kier molecular flexibility index (Phi) is 7.22. The SMILES string of the molecule is CC(C)(c1ccc(C(N)=O)c(Cl)c1)c1cnc(SCc2ccc(F)cc2Cl)n1-c1ccc(F)cc1. The molecule has 0 unspecified atom stereocenters. The van der Waals surface area contributed by atoms with Crippen LogP contribution in [0.1, 0.15) is 41.0 Å². The van der Waals surface area contributed by atoms with Gasteiger partial charge in [-0.25, -0.2) is 13.8 Å². The molecule has 1 aromatic heterocycles. The Labute approximate surface area is 216 Å². The number of hydrogen-bond donors (Lipinski definition) is 1. The van der Waals surface area contributed by atoms with E-state index in [1.165, 1.54) is 36.0 Å². The van der Waals surface area contributed by atoms with Gasteiger partial charge in [0.1, 0.15) is 11.6 Å². The molecule has 4 nitrogen and oxygen atoms in total. The van der Waals surface area contributed by atoms with E-state index in [9.17, 15) is 13.6 Å². The van der Waals surface area contributed by atoms with E-state index < -0.39 is 17.1 Å². The van der Waals surface area contributed by atoms with Gasteiger partial charge in [-0.05, 0) is 59.7 Å². The highest BCUT2D eigenvalue weighted by Gasteiger charge is 2.30. The summed E-state index contributed by atoms with van der Waals surface area (Å²) in [5.74, 6) is -0.901. The van der Waals surface area contributed by atoms with Gasteiger partial charge >= 0.3 is 0 Å². The maximum atomic E-state index is 13.7. The molecule has 4 aromatic rings. The molecular formula is C26H21Cl2F2N3OS. The first kappa shape index (κ1) is 25.2. The van der Waals surface area contributed by atoms with Crippen LogP contribution in [-0.4, -0.2) is 15.5 Å². The van der Waals surface area contributed by atoms with Gasteiger partial charge in [0.2, 0.25) is 5.91 Å². The average Bonchev–Trinajstić information content (AvgIpc) is 3.23. The fraction of sp³-hybridized carbons (Fsp3) is 0.154. The number of carbonyl (C=O) groups excluding carboxylic acids is 1. The van der Waals surface area contributed by atoms with Crippen molar-refractivity contribution in [1.29, 1.82) is 0 Å². The number of nitrogens with two attached hydrogens (primary N) is 1. The van der Waals surface area contributed by atoms with Crippen LogP contribution < -0.4 is 5.73 Å². The Morgan fingerprint density at radius 2 is 1.69 bits per heavy atom. The van der Waals surface area contributed by atoms with Gasteiger partial charge in [0.05, 0.1) is 22.5 Å². The van der Waals surface area contributed by atoms with E-state index >= 15 is 0 Å². The van der Waals surface area contributed by atoms with Crippen LogP contribution in [0.15, 0.2) is 72.0 Å². The third-order valence-electron chi connectivity index (χ3n) is 5.78. The fourth-order valence-electron chi connectivity index (χ4n) is 3.75. The number of halogens is 4. The molecule has 1 heterocycles. The molecule has 3 aromatic carbocycles. The highest BCUT2D eigenvalue weighted by Crippen LogP contribution is 2.38. The molecule has 0 aliphatic carbocycles. The van der Waals surface area contributed by atoms with Crippen molar-refractivity contribution in [3.63, 3.8) is 0 Å². The van der Waals surface area contributed by atoms with E-state index in [1.807, 2.05) is 18.4 Å². The van der Waals surface area contributed by atoms with E-state index in [2.05, 4.69) is 4.98 Å². The van der Waals surface area contributed by atoms with Gasteiger partial charge < -0.3 is 5.73 Å². The Morgan fingerprint density at radius 3 is 2.31 bits per heavy atom. The molecule has 0 saturated heterocycles. The summed E-state index contributed by atoms with van der Waals surface area (Å²) >= 11 is 14.0. The van der Waals surface area contributed by atoms with Gasteiger partial charge in [-0.1, -0.05) is 60.9 Å². The lowest BCUT2D eigenvalue weighted by molar-refractivity contribution is 0.100. The Hall–Kier alpha value is -2.87. The molecule has 9 heteroatoms. The van der Waals surface area contributed by atoms with Gasteiger partial charge in [0.25, 0.3) is 0 Å². The van der Waals surface area contributed by atoms with Crippen molar-refractivity contribution in [3.05, 3.63) is 111 Å². The number of rotatable bonds is 7. The quantitative estimate of drug-likeness (QED) is 0.257. The first-order valence-corrected chi connectivity index (χ1v) is 12.3. The molecule has 180 valence electrons. The van der Waals surface area contributed by atoms with Crippen LogP contribution in [0.2, 0.25) is 10.0 Å². The van der Waals surface area contributed by atoms with Crippen molar-refractivity contribution >= 4 is 40.9 Å². The summed E-state index contributed by atoms with van der Waals surface area (Å²) in [4.78, 5) is 16.3. The first-order chi connectivity index (χ1) is 16.6. The number of thioether (sulfide) groups is 1. The zero-order chi connectivity index (χ0) is 25.3. The lowest BCUT2D eigenvalue weighted by Gasteiger charge is -2.28. The molecule has 0 bridgehead atoms. The van der Waals surface area contributed by atoms with E-state index in [0.29, 0.717) is 15.9 Å². The molecule has 35 heavy (non-hydrogen) atoms. The van der Waals surface area contributed by atoms with E-state index in [0.717, 1.165) is 22.5 Å². The number of amides is 1. The van der Waals surface area contributed by atoms with Crippen LogP contribution in [0.3, 0.4) is 0 Å². The zero-order valence-corrected chi connectivity index (χ0v) is 21.2. The molecule has 0 radical (unpaired) electrons. The molecule has 0 atom stereocenters. The van der Waals surface area contributed by atoms with Gasteiger partial charge in [-0.2, -0.15) is 0 Å². The largest absolute Gasteiger partial charge is 0.366 e. The van der Waals surface area contributed by atoms with Crippen LogP contribution >= 0.6 is 35.0 Å². The first-order valence-electron chi connectivity index (χ1n) is 10.6. The third kappa shape index (κ3) is 5.22. The summed E-state index contributed by atoms with van der Waals surface area (Å²) < 4.78 is 29.1. The molecular weight excluding hydrogens is 511 g/mol. The van der Waals surface area contributed by atoms with Crippen LogP contribution in [0.4, 0.5) is 8.78 Å². The summed E-state index contributed by atoms with van der Waals surface area (Å²) in [5, 5.41) is 1.25. The second-order valence-corrected chi connectivity index (χ2v) is 10.2. The zero-order valence-electron chi connectivity index (χ0n) is 18.9. The molecule has 0 saturated carbocycles. The molecule has 4 rings (SSSR count). The predicted molar refractivity (Wildman–Crippen MR) is 137 cm³/mol. The summed E-state index contributed by atoms with van der Waals surface area (Å²) in [5.41, 5.74) is 8.18. The second-order valence-electron chi connectivity index (χ2n) is 8.45. The van der Waals surface area contributed by atoms with Crippen LogP contribution in [0.5, 0.6) is 0 Å². The number of benzene rings is 3. The number of imidazole rings is 1. The van der Waals surface area contributed by atoms with Crippen molar-refractivity contribution in [1.82, 2.24) is 9.55 Å². The Balaban J connectivity index is 1.78. The maximum Gasteiger partial charge on any atom is 0.250 e.